The maximum absolute atomic E-state index is 7.44. The molecule has 0 bridgehead atoms. The Balaban J connectivity index is 2.91. The highest BCUT2D eigenvalue weighted by atomic mass is 17.9. The summed E-state index contributed by atoms with van der Waals surface area (Å²) in [6.45, 7) is 0. The summed E-state index contributed by atoms with van der Waals surface area (Å²) in [5, 5.41) is 41.8. The number of hydrogen-bond acceptors (Lipinski definition) is 12. The lowest BCUT2D eigenvalue weighted by molar-refractivity contribution is -0.844. The van der Waals surface area contributed by atoms with Crippen molar-refractivity contribution in [2.75, 3.05) is 0 Å². The highest BCUT2D eigenvalue weighted by molar-refractivity contribution is 3.82. The summed E-state index contributed by atoms with van der Waals surface area (Å²) < 4.78 is 0. The second-order valence-electron chi connectivity index (χ2n) is 0.896. The van der Waals surface area contributed by atoms with E-state index in [-0.39, 0.29) is 0 Å². The van der Waals surface area contributed by atoms with E-state index in [9.17, 15) is 0 Å². The molecule has 0 heterocycles. The molecular weight excluding hydrogens is 216 g/mol. The average Bonchev–Trinajstić information content (AvgIpc) is 2.21. The Morgan fingerprint density at radius 3 is 2.00 bits per heavy atom. The van der Waals surface area contributed by atoms with Gasteiger partial charge in [0.05, 0.1) is 5.28 Å². The lowest BCUT2D eigenvalue weighted by Gasteiger charge is -1.94. The molecule has 0 amide bonds. The van der Waals surface area contributed by atoms with Crippen molar-refractivity contribution >= 4 is 0 Å². The Morgan fingerprint density at radius 1 is 0.857 bits per heavy atom. The van der Waals surface area contributed by atoms with Crippen LogP contribution in [0, 0.1) is 5.53 Å². The van der Waals surface area contributed by atoms with E-state index in [0.29, 0.717) is 0 Å². The third-order valence-corrected chi connectivity index (χ3v) is 0.342. The molecule has 0 radical (unpaired) electrons. The van der Waals surface area contributed by atoms with Gasteiger partial charge >= 0.3 is 0 Å². The first kappa shape index (κ1) is 12.6. The highest BCUT2D eigenvalue weighted by Gasteiger charge is 1.94. The molecule has 0 fully saturated rings. The molecule has 0 aromatic rings. The molecule has 2 N–H and O–H groups in total. The molecule has 82 valence electrons. The van der Waals surface area contributed by atoms with Crippen LogP contribution in [0.4, 0.5) is 0 Å². The predicted molar refractivity (Wildman–Crippen MR) is 22.4 cm³/mol. The Morgan fingerprint density at radius 2 is 1.43 bits per heavy atom. The van der Waals surface area contributed by atoms with Gasteiger partial charge in [0.15, 0.2) is 0 Å². The third-order valence-electron chi connectivity index (χ3n) is 0.342. The zero-order valence-electron chi connectivity index (χ0n) is 5.96. The summed E-state index contributed by atoms with van der Waals surface area (Å²) >= 11 is 0. The second kappa shape index (κ2) is 11.6. The van der Waals surface area contributed by atoms with Crippen LogP contribution in [0.1, 0.15) is 0 Å². The van der Waals surface area contributed by atoms with Crippen molar-refractivity contribution in [2.24, 2.45) is 15.7 Å². The zero-order chi connectivity index (χ0) is 10.5. The van der Waals surface area contributed by atoms with Gasteiger partial charge in [-0.3, -0.25) is 0 Å². The molecule has 0 aliphatic rings. The number of nitrogens with zero attached hydrogens (tertiary/aromatic N) is 3. The van der Waals surface area contributed by atoms with Crippen LogP contribution < -0.4 is 0 Å². The Hall–Kier alpha value is -1.36. The molecule has 0 aromatic carbocycles. The fraction of sp³-hybridized carbons (Fsp3) is 0. The van der Waals surface area contributed by atoms with Crippen LogP contribution in [-0.4, -0.2) is 5.26 Å². The predicted octanol–water partition coefficient (Wildman–Crippen LogP) is 0.242. The van der Waals surface area contributed by atoms with Gasteiger partial charge < -0.3 is 0 Å². The van der Waals surface area contributed by atoms with Gasteiger partial charge in [0, 0.05) is 25.4 Å². The van der Waals surface area contributed by atoms with E-state index < -0.39 is 0 Å². The third kappa shape index (κ3) is 10.6. The van der Waals surface area contributed by atoms with Crippen molar-refractivity contribution in [3.8, 4) is 0 Å². The minimum absolute atomic E-state index is 2.38. The molecule has 0 spiro atoms. The van der Waals surface area contributed by atoms with Crippen molar-refractivity contribution in [1.82, 2.24) is 0 Å². The van der Waals surface area contributed by atoms with Crippen molar-refractivity contribution < 1.29 is 50.6 Å². The molecule has 0 aliphatic carbocycles. The lowest BCUT2D eigenvalue weighted by atomic mass is 12.6. The van der Waals surface area contributed by atoms with Crippen molar-refractivity contribution in [1.29, 1.82) is 5.53 Å². The van der Waals surface area contributed by atoms with E-state index in [2.05, 4.69) is 61.0 Å². The molecule has 0 aliphatic heterocycles. The minimum atomic E-state index is 2.38. The van der Waals surface area contributed by atoms with Crippen LogP contribution in [0.3, 0.4) is 0 Å². The van der Waals surface area contributed by atoms with E-state index in [1.807, 2.05) is 0 Å². The van der Waals surface area contributed by atoms with Gasteiger partial charge in [-0.05, 0) is 25.4 Å². The van der Waals surface area contributed by atoms with Gasteiger partial charge in [-0.1, -0.05) is 0 Å². The Kier molecular flexibility index (Phi) is 10.5. The number of hydrogen-bond donors (Lipinski definition) is 2. The number of nitrogens with one attached hydrogen (secondary N) is 1. The molecular formula is H2N4O10. The van der Waals surface area contributed by atoms with Gasteiger partial charge in [-0.15, -0.1) is 0 Å². The Labute approximate surface area is 73.2 Å². The summed E-state index contributed by atoms with van der Waals surface area (Å²) in [4.78, 5) is 3.63. The van der Waals surface area contributed by atoms with Crippen LogP contribution in [0.2, 0.25) is 0 Å². The molecule has 0 saturated carbocycles. The van der Waals surface area contributed by atoms with Gasteiger partial charge in [0.25, 0.3) is 0 Å². The van der Waals surface area contributed by atoms with Crippen LogP contribution in [0.15, 0.2) is 15.7 Å². The fourth-order valence-corrected chi connectivity index (χ4v) is 0.128. The van der Waals surface area contributed by atoms with E-state index in [1.54, 1.807) is 0 Å². The minimum Gasteiger partial charge on any atom is -0.219 e. The zero-order valence-corrected chi connectivity index (χ0v) is 5.96. The van der Waals surface area contributed by atoms with E-state index in [0.717, 1.165) is 0 Å². The fourth-order valence-electron chi connectivity index (χ4n) is 0.128. The maximum atomic E-state index is 7.44. The average molecular weight is 218 g/mol. The van der Waals surface area contributed by atoms with Crippen LogP contribution >= 0.6 is 0 Å². The quantitative estimate of drug-likeness (QED) is 0.224. The first-order chi connectivity index (χ1) is 6.91. The van der Waals surface area contributed by atoms with Crippen LogP contribution in [0.5, 0.6) is 0 Å². The first-order valence-electron chi connectivity index (χ1n) is 2.32. The van der Waals surface area contributed by atoms with Gasteiger partial charge in [0.1, 0.15) is 0 Å². The van der Waals surface area contributed by atoms with Crippen LogP contribution in [0.25, 0.3) is 0 Å². The monoisotopic (exact) mass is 218 g/mol. The second-order valence-corrected chi connectivity index (χ2v) is 0.896. The SMILES string of the molecule is N=N/N=N/OOOOOOOOOO. The first-order valence-corrected chi connectivity index (χ1v) is 2.32. The topological polar surface area (TPSA) is 164 Å². The van der Waals surface area contributed by atoms with Gasteiger partial charge in [-0.2, -0.15) is 10.5 Å². The van der Waals surface area contributed by atoms with Gasteiger partial charge in [0.2, 0.25) is 0 Å². The van der Waals surface area contributed by atoms with E-state index in [4.69, 9.17) is 10.8 Å². The van der Waals surface area contributed by atoms with Crippen molar-refractivity contribution in [3.63, 3.8) is 0 Å². The summed E-state index contributed by atoms with van der Waals surface area (Å²) in [6.07, 6.45) is 0. The standard InChI is InChI=1S/H2N4O10/c1-2-3-4-6-8-10-12-14-13-11-9-7-5/h1,5H/b2-1?,4-3+. The van der Waals surface area contributed by atoms with Crippen molar-refractivity contribution in [2.45, 2.75) is 0 Å². The molecule has 0 saturated heterocycles. The smallest absolute Gasteiger partial charge is 0.0906 e. The molecule has 14 nitrogen and oxygen atoms in total. The lowest BCUT2D eigenvalue weighted by Crippen LogP contribution is -2.00. The summed E-state index contributed by atoms with van der Waals surface area (Å²) in [7, 11) is 0. The van der Waals surface area contributed by atoms with Crippen molar-refractivity contribution in [3.05, 3.63) is 0 Å². The molecule has 0 atom stereocenters. The largest absolute Gasteiger partial charge is 0.219 e. The molecule has 14 heteroatoms. The summed E-state index contributed by atoms with van der Waals surface area (Å²) in [6, 6.07) is 0. The Bertz CT molecular complexity index is 145. The molecule has 0 rings (SSSR count). The number of rotatable bonds is 10. The van der Waals surface area contributed by atoms with E-state index >= 15 is 0 Å². The molecule has 0 aromatic heterocycles. The normalized spacial score (nSPS) is 10.6. The summed E-state index contributed by atoms with van der Waals surface area (Å²) in [5.74, 6) is 0. The van der Waals surface area contributed by atoms with E-state index in [1.165, 1.54) is 0 Å². The van der Waals surface area contributed by atoms with Crippen LogP contribution in [-0.2, 0) is 45.3 Å². The summed E-state index contributed by atoms with van der Waals surface area (Å²) in [5.41, 5.74) is 6.06. The van der Waals surface area contributed by atoms with Gasteiger partial charge in [-0.25, -0.2) is 5.26 Å². The maximum Gasteiger partial charge on any atom is 0.0906 e. The highest BCUT2D eigenvalue weighted by Crippen LogP contribution is 1.89. The molecule has 0 unspecified atom stereocenters. The molecule has 14 heavy (non-hydrogen) atoms.